The zero-order valence-electron chi connectivity index (χ0n) is 14.0. The van der Waals surface area contributed by atoms with E-state index in [0.29, 0.717) is 6.42 Å². The van der Waals surface area contributed by atoms with Crippen molar-refractivity contribution in [1.29, 1.82) is 0 Å². The van der Waals surface area contributed by atoms with Gasteiger partial charge in [-0.25, -0.2) is 14.6 Å². The molecule has 0 aromatic carbocycles. The summed E-state index contributed by atoms with van der Waals surface area (Å²) in [5.74, 6) is 0.592. The lowest BCUT2D eigenvalue weighted by Crippen LogP contribution is -2.42. The first-order chi connectivity index (χ1) is 10.9. The number of hydrogen-bond acceptors (Lipinski definition) is 5. The van der Waals surface area contributed by atoms with Gasteiger partial charge in [-0.15, -0.1) is 0 Å². The van der Waals surface area contributed by atoms with Gasteiger partial charge in [0.2, 0.25) is 5.91 Å². The monoisotopic (exact) mass is 316 g/mol. The third kappa shape index (κ3) is 3.00. The van der Waals surface area contributed by atoms with E-state index in [-0.39, 0.29) is 17.5 Å². The number of rotatable bonds is 3. The number of hydrogen-bond donors (Lipinski definition) is 1. The van der Waals surface area contributed by atoms with Gasteiger partial charge < -0.3 is 10.6 Å². The highest BCUT2D eigenvalue weighted by molar-refractivity contribution is 5.87. The molecular formula is C16H24N6O. The maximum atomic E-state index is 11.4. The number of carbonyl (C=O) groups excluding carboxylic acids is 1. The number of nitrogens with zero attached hydrogens (tertiary/aromatic N) is 5. The predicted octanol–water partition coefficient (Wildman–Crippen LogP) is 1.82. The Morgan fingerprint density at radius 2 is 2.13 bits per heavy atom. The van der Waals surface area contributed by atoms with Gasteiger partial charge in [0.1, 0.15) is 12.1 Å². The van der Waals surface area contributed by atoms with E-state index in [1.165, 1.54) is 0 Å². The summed E-state index contributed by atoms with van der Waals surface area (Å²) >= 11 is 0. The standard InChI is InChI=1S/C16H24N6O/c1-16(2,3)22-15-12(9-20-22)14(18-10-19-15)21-7-5-4-6-11(21)8-13(17)23/h9-11H,4-8H2,1-3H3,(H2,17,23). The average molecular weight is 316 g/mol. The molecule has 7 heteroatoms. The van der Waals surface area contributed by atoms with Gasteiger partial charge in [-0.05, 0) is 40.0 Å². The SMILES string of the molecule is CC(C)(C)n1ncc2c(N3CCCCC3CC(N)=O)ncnc21. The summed E-state index contributed by atoms with van der Waals surface area (Å²) in [6.07, 6.45) is 6.93. The van der Waals surface area contributed by atoms with Crippen LogP contribution < -0.4 is 10.6 Å². The highest BCUT2D eigenvalue weighted by Crippen LogP contribution is 2.31. The van der Waals surface area contributed by atoms with E-state index >= 15 is 0 Å². The van der Waals surface area contributed by atoms with Crippen molar-refractivity contribution in [3.05, 3.63) is 12.5 Å². The van der Waals surface area contributed by atoms with Crippen molar-refractivity contribution in [3.63, 3.8) is 0 Å². The number of anilines is 1. The van der Waals surface area contributed by atoms with Crippen molar-refractivity contribution in [1.82, 2.24) is 19.7 Å². The summed E-state index contributed by atoms with van der Waals surface area (Å²) in [4.78, 5) is 22.5. The fourth-order valence-electron chi connectivity index (χ4n) is 3.28. The van der Waals surface area contributed by atoms with Crippen LogP contribution in [0.25, 0.3) is 11.0 Å². The van der Waals surface area contributed by atoms with Crippen LogP contribution in [0, 0.1) is 0 Å². The van der Waals surface area contributed by atoms with Gasteiger partial charge in [0.25, 0.3) is 0 Å². The van der Waals surface area contributed by atoms with Crippen LogP contribution in [0.5, 0.6) is 0 Å². The fourth-order valence-corrected chi connectivity index (χ4v) is 3.28. The third-order valence-corrected chi connectivity index (χ3v) is 4.32. The van der Waals surface area contributed by atoms with Gasteiger partial charge in [-0.3, -0.25) is 4.79 Å². The maximum Gasteiger partial charge on any atom is 0.219 e. The summed E-state index contributed by atoms with van der Waals surface area (Å²) in [7, 11) is 0. The summed E-state index contributed by atoms with van der Waals surface area (Å²) in [5.41, 5.74) is 6.10. The maximum absolute atomic E-state index is 11.4. The van der Waals surface area contributed by atoms with Crippen LogP contribution >= 0.6 is 0 Å². The number of primary amides is 1. The highest BCUT2D eigenvalue weighted by atomic mass is 16.1. The molecule has 1 saturated heterocycles. The van der Waals surface area contributed by atoms with E-state index < -0.39 is 0 Å². The first-order valence-electron chi connectivity index (χ1n) is 8.12. The van der Waals surface area contributed by atoms with Gasteiger partial charge in [-0.1, -0.05) is 0 Å². The molecule has 23 heavy (non-hydrogen) atoms. The van der Waals surface area contributed by atoms with Gasteiger partial charge in [0.15, 0.2) is 5.65 Å². The summed E-state index contributed by atoms with van der Waals surface area (Å²) in [6, 6.07) is 0.109. The number of nitrogens with two attached hydrogens (primary N) is 1. The molecule has 1 fully saturated rings. The predicted molar refractivity (Wildman–Crippen MR) is 89.1 cm³/mol. The van der Waals surface area contributed by atoms with Gasteiger partial charge in [0, 0.05) is 19.0 Å². The van der Waals surface area contributed by atoms with E-state index in [1.54, 1.807) is 6.33 Å². The fraction of sp³-hybridized carbons (Fsp3) is 0.625. The number of piperidine rings is 1. The lowest BCUT2D eigenvalue weighted by Gasteiger charge is -2.36. The van der Waals surface area contributed by atoms with Gasteiger partial charge in [0.05, 0.1) is 17.1 Å². The van der Waals surface area contributed by atoms with Crippen LogP contribution in [0.4, 0.5) is 5.82 Å². The van der Waals surface area contributed by atoms with Crippen molar-refractivity contribution in [2.24, 2.45) is 5.73 Å². The Hall–Kier alpha value is -2.18. The molecule has 1 aliphatic rings. The van der Waals surface area contributed by atoms with Crippen LogP contribution in [0.2, 0.25) is 0 Å². The molecule has 2 N–H and O–H groups in total. The van der Waals surface area contributed by atoms with E-state index in [9.17, 15) is 4.79 Å². The molecular weight excluding hydrogens is 292 g/mol. The van der Waals surface area contributed by atoms with E-state index in [1.807, 2.05) is 10.9 Å². The molecule has 7 nitrogen and oxygen atoms in total. The van der Waals surface area contributed by atoms with Crippen molar-refractivity contribution < 1.29 is 4.79 Å². The summed E-state index contributed by atoms with van der Waals surface area (Å²) < 4.78 is 1.92. The Morgan fingerprint density at radius 1 is 1.35 bits per heavy atom. The summed E-state index contributed by atoms with van der Waals surface area (Å²) in [6.45, 7) is 7.17. The number of carbonyl (C=O) groups is 1. The number of aromatic nitrogens is 4. The Balaban J connectivity index is 2.05. The minimum absolute atomic E-state index is 0.109. The average Bonchev–Trinajstić information content (AvgIpc) is 2.91. The smallest absolute Gasteiger partial charge is 0.219 e. The van der Waals surface area contributed by atoms with Gasteiger partial charge >= 0.3 is 0 Å². The Labute approximate surface area is 135 Å². The molecule has 1 unspecified atom stereocenters. The van der Waals surface area contributed by atoms with Crippen molar-refractivity contribution in [2.75, 3.05) is 11.4 Å². The minimum Gasteiger partial charge on any atom is -0.370 e. The molecule has 0 bridgehead atoms. The zero-order valence-corrected chi connectivity index (χ0v) is 14.0. The topological polar surface area (TPSA) is 89.9 Å². The molecule has 0 spiro atoms. The largest absolute Gasteiger partial charge is 0.370 e. The zero-order chi connectivity index (χ0) is 16.6. The molecule has 3 heterocycles. The second kappa shape index (κ2) is 5.79. The quantitative estimate of drug-likeness (QED) is 0.932. The molecule has 0 radical (unpaired) electrons. The van der Waals surface area contributed by atoms with E-state index in [2.05, 4.69) is 40.7 Å². The van der Waals surface area contributed by atoms with E-state index in [4.69, 9.17) is 5.73 Å². The van der Waals surface area contributed by atoms with E-state index in [0.717, 1.165) is 42.7 Å². The molecule has 1 aliphatic heterocycles. The van der Waals surface area contributed by atoms with Crippen LogP contribution in [0.1, 0.15) is 46.5 Å². The van der Waals surface area contributed by atoms with Crippen LogP contribution in [-0.2, 0) is 10.3 Å². The highest BCUT2D eigenvalue weighted by Gasteiger charge is 2.28. The Bertz CT molecular complexity index is 717. The Morgan fingerprint density at radius 3 is 2.83 bits per heavy atom. The number of amides is 1. The Kier molecular flexibility index (Phi) is 3.95. The van der Waals surface area contributed by atoms with Crippen LogP contribution in [0.3, 0.4) is 0 Å². The first-order valence-corrected chi connectivity index (χ1v) is 8.12. The van der Waals surface area contributed by atoms with Crippen molar-refractivity contribution in [3.8, 4) is 0 Å². The second-order valence-electron chi connectivity index (χ2n) is 7.18. The molecule has 2 aromatic heterocycles. The molecule has 1 atom stereocenters. The molecule has 0 saturated carbocycles. The second-order valence-corrected chi connectivity index (χ2v) is 7.18. The lowest BCUT2D eigenvalue weighted by atomic mass is 9.99. The summed E-state index contributed by atoms with van der Waals surface area (Å²) in [5, 5.41) is 5.43. The first kappa shape index (κ1) is 15.7. The minimum atomic E-state index is -0.266. The van der Waals surface area contributed by atoms with Crippen LogP contribution in [-0.4, -0.2) is 38.2 Å². The molecule has 1 amide bonds. The molecule has 124 valence electrons. The van der Waals surface area contributed by atoms with Gasteiger partial charge in [-0.2, -0.15) is 5.10 Å². The van der Waals surface area contributed by atoms with Crippen LogP contribution in [0.15, 0.2) is 12.5 Å². The molecule has 3 rings (SSSR count). The number of fused-ring (bicyclic) bond motifs is 1. The lowest BCUT2D eigenvalue weighted by molar-refractivity contribution is -0.118. The van der Waals surface area contributed by atoms with Crippen molar-refractivity contribution >= 4 is 22.8 Å². The van der Waals surface area contributed by atoms with Crippen molar-refractivity contribution in [2.45, 2.75) is 58.0 Å². The normalized spacial score (nSPS) is 19.3. The molecule has 2 aromatic rings. The molecule has 0 aliphatic carbocycles. The third-order valence-electron chi connectivity index (χ3n) is 4.32.